The Labute approximate surface area is 106 Å². The average Bonchev–Trinajstić information content (AvgIpc) is 2.31. The zero-order chi connectivity index (χ0) is 13.5. The normalized spacial score (nSPS) is 12.2. The number of hydrogen-bond acceptors (Lipinski definition) is 3. The maximum Gasteiger partial charge on any atom is 0.250 e. The van der Waals surface area contributed by atoms with Crippen LogP contribution in [0, 0.1) is 0 Å². The fraction of sp³-hybridized carbons (Fsp3) is 0.538. The minimum absolute atomic E-state index is 0.0705. The van der Waals surface area contributed by atoms with Gasteiger partial charge in [-0.2, -0.15) is 0 Å². The number of nitrogens with one attached hydrogen (secondary N) is 1. The van der Waals surface area contributed by atoms with Crippen LogP contribution in [0.4, 0.5) is 5.69 Å². The molecule has 0 aliphatic rings. The molecule has 100 valence electrons. The monoisotopic (exact) mass is 252 g/mol. The number of hydrogen-bond donors (Lipinski definition) is 2. The highest BCUT2D eigenvalue weighted by atomic mass is 16.3. The number of carbonyl (C=O) groups excluding carboxylic acids is 1. The molecule has 0 bridgehead atoms. The zero-order valence-corrected chi connectivity index (χ0v) is 10.8. The third-order valence-corrected chi connectivity index (χ3v) is 2.52. The fourth-order valence-corrected chi connectivity index (χ4v) is 1.58. The molecule has 0 fully saturated rings. The van der Waals surface area contributed by atoms with Crippen LogP contribution in [-0.2, 0) is 11.3 Å². The number of nitrogens with zero attached hydrogens (tertiary/aromatic N) is 1. The molecular formula is C13H20N2O3. The summed E-state index contributed by atoms with van der Waals surface area (Å²) in [5, 5.41) is 11.8. The van der Waals surface area contributed by atoms with Gasteiger partial charge in [0.05, 0.1) is 11.8 Å². The van der Waals surface area contributed by atoms with E-state index in [9.17, 15) is 9.59 Å². The van der Waals surface area contributed by atoms with E-state index in [0.29, 0.717) is 18.7 Å². The molecule has 0 aliphatic heterocycles. The minimum atomic E-state index is -0.482. The van der Waals surface area contributed by atoms with Crippen molar-refractivity contribution in [1.82, 2.24) is 4.57 Å². The Hall–Kier alpha value is -1.62. The number of aryl methyl sites for hydroxylation is 1. The van der Waals surface area contributed by atoms with Gasteiger partial charge in [0.1, 0.15) is 0 Å². The van der Waals surface area contributed by atoms with E-state index in [1.54, 1.807) is 23.8 Å². The van der Waals surface area contributed by atoms with Gasteiger partial charge in [0, 0.05) is 25.2 Å². The Kier molecular flexibility index (Phi) is 5.58. The van der Waals surface area contributed by atoms with Gasteiger partial charge >= 0.3 is 0 Å². The number of pyridine rings is 1. The van der Waals surface area contributed by atoms with E-state index in [4.69, 9.17) is 5.11 Å². The number of carbonyl (C=O) groups is 1. The van der Waals surface area contributed by atoms with Crippen molar-refractivity contribution in [2.75, 3.05) is 5.32 Å². The lowest BCUT2D eigenvalue weighted by Gasteiger charge is -2.09. The van der Waals surface area contributed by atoms with Crippen molar-refractivity contribution < 1.29 is 9.90 Å². The van der Waals surface area contributed by atoms with Crippen LogP contribution in [0.3, 0.4) is 0 Å². The maximum absolute atomic E-state index is 11.6. The second-order valence-electron chi connectivity index (χ2n) is 4.39. The third kappa shape index (κ3) is 4.71. The molecule has 1 atom stereocenters. The van der Waals surface area contributed by atoms with E-state index in [-0.39, 0.29) is 17.9 Å². The summed E-state index contributed by atoms with van der Waals surface area (Å²) in [6.07, 6.45) is 2.72. The highest BCUT2D eigenvalue weighted by molar-refractivity contribution is 5.90. The number of amides is 1. The summed E-state index contributed by atoms with van der Waals surface area (Å²) in [5.74, 6) is -0.155. The summed E-state index contributed by atoms with van der Waals surface area (Å²) in [5.41, 5.74) is 0.539. The molecule has 1 heterocycles. The highest BCUT2D eigenvalue weighted by Gasteiger charge is 2.05. The summed E-state index contributed by atoms with van der Waals surface area (Å²) in [6.45, 7) is 4.27. The molecule has 0 saturated heterocycles. The summed E-state index contributed by atoms with van der Waals surface area (Å²) < 4.78 is 1.57. The standard InChI is InChI=1S/C13H20N2O3/c1-3-8-15-9-11(5-7-13(15)18)14-12(17)6-4-10(2)16/h5,7,9-10,16H,3-4,6,8H2,1-2H3,(H,14,17). The first-order chi connectivity index (χ1) is 8.52. The van der Waals surface area contributed by atoms with Gasteiger partial charge in [0.25, 0.3) is 5.56 Å². The van der Waals surface area contributed by atoms with Crippen molar-refractivity contribution in [1.29, 1.82) is 0 Å². The fourth-order valence-electron chi connectivity index (χ4n) is 1.58. The SMILES string of the molecule is CCCn1cc(NC(=O)CCC(C)O)ccc1=O. The van der Waals surface area contributed by atoms with E-state index in [1.807, 2.05) is 6.92 Å². The van der Waals surface area contributed by atoms with Crippen molar-refractivity contribution in [3.8, 4) is 0 Å². The van der Waals surface area contributed by atoms with Gasteiger partial charge in [0.15, 0.2) is 0 Å². The Morgan fingerprint density at radius 3 is 2.83 bits per heavy atom. The lowest BCUT2D eigenvalue weighted by atomic mass is 10.2. The first kappa shape index (κ1) is 14.4. The maximum atomic E-state index is 11.6. The lowest BCUT2D eigenvalue weighted by Crippen LogP contribution is -2.20. The summed E-state index contributed by atoms with van der Waals surface area (Å²) in [4.78, 5) is 23.0. The molecule has 5 nitrogen and oxygen atoms in total. The summed E-state index contributed by atoms with van der Waals surface area (Å²) in [7, 11) is 0. The van der Waals surface area contributed by atoms with Gasteiger partial charge in [-0.1, -0.05) is 6.92 Å². The Balaban J connectivity index is 2.64. The second-order valence-corrected chi connectivity index (χ2v) is 4.39. The first-order valence-corrected chi connectivity index (χ1v) is 6.21. The van der Waals surface area contributed by atoms with Gasteiger partial charge in [-0.15, -0.1) is 0 Å². The quantitative estimate of drug-likeness (QED) is 0.803. The summed E-state index contributed by atoms with van der Waals surface area (Å²) >= 11 is 0. The molecule has 0 aromatic carbocycles. The molecule has 1 aromatic rings. The van der Waals surface area contributed by atoms with Crippen LogP contribution >= 0.6 is 0 Å². The van der Waals surface area contributed by atoms with Gasteiger partial charge < -0.3 is 15.0 Å². The molecule has 0 spiro atoms. The molecule has 2 N–H and O–H groups in total. The van der Waals surface area contributed by atoms with Crippen molar-refractivity contribution >= 4 is 11.6 Å². The van der Waals surface area contributed by atoms with E-state index < -0.39 is 6.10 Å². The van der Waals surface area contributed by atoms with Crippen LogP contribution in [-0.4, -0.2) is 21.7 Å². The van der Waals surface area contributed by atoms with Crippen molar-refractivity contribution in [2.24, 2.45) is 0 Å². The van der Waals surface area contributed by atoms with Crippen LogP contribution in [0.25, 0.3) is 0 Å². The number of anilines is 1. The molecular weight excluding hydrogens is 232 g/mol. The molecule has 0 saturated carbocycles. The molecule has 18 heavy (non-hydrogen) atoms. The van der Waals surface area contributed by atoms with E-state index >= 15 is 0 Å². The van der Waals surface area contributed by atoms with E-state index in [1.165, 1.54) is 6.07 Å². The number of rotatable bonds is 6. The van der Waals surface area contributed by atoms with E-state index in [2.05, 4.69) is 5.32 Å². The van der Waals surface area contributed by atoms with Crippen LogP contribution in [0.5, 0.6) is 0 Å². The van der Waals surface area contributed by atoms with Crippen LogP contribution in [0.1, 0.15) is 33.1 Å². The largest absolute Gasteiger partial charge is 0.393 e. The molecule has 1 aromatic heterocycles. The van der Waals surface area contributed by atoms with Gasteiger partial charge in [-0.3, -0.25) is 9.59 Å². The second kappa shape index (κ2) is 6.96. The van der Waals surface area contributed by atoms with Gasteiger partial charge in [-0.25, -0.2) is 0 Å². The Morgan fingerprint density at radius 1 is 1.50 bits per heavy atom. The Bertz CT molecular complexity index is 452. The minimum Gasteiger partial charge on any atom is -0.393 e. The van der Waals surface area contributed by atoms with Crippen LogP contribution < -0.4 is 10.9 Å². The third-order valence-electron chi connectivity index (χ3n) is 2.52. The van der Waals surface area contributed by atoms with Crippen molar-refractivity contribution in [3.63, 3.8) is 0 Å². The first-order valence-electron chi connectivity index (χ1n) is 6.21. The number of aliphatic hydroxyl groups is 1. The van der Waals surface area contributed by atoms with Crippen molar-refractivity contribution in [2.45, 2.75) is 45.8 Å². The topological polar surface area (TPSA) is 71.3 Å². The molecule has 1 unspecified atom stereocenters. The number of aliphatic hydroxyl groups excluding tert-OH is 1. The van der Waals surface area contributed by atoms with Gasteiger partial charge in [-0.05, 0) is 25.8 Å². The highest BCUT2D eigenvalue weighted by Crippen LogP contribution is 2.06. The summed E-state index contributed by atoms with van der Waals surface area (Å²) in [6, 6.07) is 3.04. The van der Waals surface area contributed by atoms with E-state index in [0.717, 1.165) is 6.42 Å². The molecule has 1 rings (SSSR count). The average molecular weight is 252 g/mol. The zero-order valence-electron chi connectivity index (χ0n) is 10.8. The molecule has 5 heteroatoms. The number of aromatic nitrogens is 1. The predicted molar refractivity (Wildman–Crippen MR) is 70.5 cm³/mol. The lowest BCUT2D eigenvalue weighted by molar-refractivity contribution is -0.116. The smallest absolute Gasteiger partial charge is 0.250 e. The van der Waals surface area contributed by atoms with Crippen LogP contribution in [0.15, 0.2) is 23.1 Å². The van der Waals surface area contributed by atoms with Crippen molar-refractivity contribution in [3.05, 3.63) is 28.7 Å². The van der Waals surface area contributed by atoms with Crippen LogP contribution in [0.2, 0.25) is 0 Å². The predicted octanol–water partition coefficient (Wildman–Crippen LogP) is 1.36. The van der Waals surface area contributed by atoms with Gasteiger partial charge in [0.2, 0.25) is 5.91 Å². The molecule has 1 amide bonds. The Morgan fingerprint density at radius 2 is 2.22 bits per heavy atom. The molecule has 0 aliphatic carbocycles. The molecule has 0 radical (unpaired) electrons.